The maximum absolute atomic E-state index is 13.1. The fraction of sp³-hybridized carbons (Fsp3) is 0.710. The van der Waals surface area contributed by atoms with Crippen LogP contribution in [0.5, 0.6) is 0 Å². The fourth-order valence-corrected chi connectivity index (χ4v) is 5.64. The molecule has 5 atom stereocenters. The van der Waals surface area contributed by atoms with E-state index in [-0.39, 0.29) is 36.7 Å². The summed E-state index contributed by atoms with van der Waals surface area (Å²) in [6.07, 6.45) is 2.70. The average Bonchev–Trinajstić information content (AvgIpc) is 3.74. The number of hydrogen-bond donors (Lipinski definition) is 6. The normalized spacial score (nSPS) is 18.9. The third-order valence-electron chi connectivity index (χ3n) is 8.70. The summed E-state index contributed by atoms with van der Waals surface area (Å²) in [5, 5.41) is 14.6. The Labute approximate surface area is 280 Å². The number of likely N-dealkylation sites (tertiary alicyclic amines) is 2. The molecule has 0 radical (unpaired) electrons. The van der Waals surface area contributed by atoms with Gasteiger partial charge in [-0.15, -0.1) is 0 Å². The van der Waals surface area contributed by atoms with Gasteiger partial charge in [0.25, 0.3) is 5.91 Å². The summed E-state index contributed by atoms with van der Waals surface area (Å²) in [5.41, 5.74) is 0. The standard InChI is InChI=1S/C31H50N8O9/c1-6-18(2)27(31(48)35-17-26(44)38-13-7-9-19(38)3)37-25(43)16-33-28(45)21(11-12-23(41)30(47)32-5)36-24(42)15-34-29(46)22-10-8-14-39(22)20(4)40/h18-19,21-22,27H,6-17H2,1-5H3,(H,32,47)(H,33,45)(H,34,46)(H,35,48)(H,36,42)(H,37,43). The van der Waals surface area contributed by atoms with Crippen molar-refractivity contribution in [3.05, 3.63) is 0 Å². The predicted octanol–water partition coefficient (Wildman–Crippen LogP) is -2.53. The molecule has 268 valence electrons. The number of nitrogens with one attached hydrogen (secondary N) is 6. The molecule has 2 aliphatic rings. The topological polar surface area (TPSA) is 232 Å². The number of carbonyl (C=O) groups excluding carboxylic acids is 9. The van der Waals surface area contributed by atoms with Crippen LogP contribution in [-0.2, 0) is 43.2 Å². The van der Waals surface area contributed by atoms with Gasteiger partial charge in [0.05, 0.1) is 19.6 Å². The van der Waals surface area contributed by atoms with E-state index in [0.29, 0.717) is 32.4 Å². The van der Waals surface area contributed by atoms with Gasteiger partial charge >= 0.3 is 0 Å². The number of rotatable bonds is 17. The van der Waals surface area contributed by atoms with Crippen molar-refractivity contribution in [2.75, 3.05) is 39.8 Å². The minimum Gasteiger partial charge on any atom is -0.353 e. The van der Waals surface area contributed by atoms with Crippen LogP contribution < -0.4 is 31.9 Å². The lowest BCUT2D eigenvalue weighted by Gasteiger charge is -2.25. The van der Waals surface area contributed by atoms with Crippen molar-refractivity contribution < 1.29 is 43.2 Å². The van der Waals surface area contributed by atoms with Crippen LogP contribution in [0.4, 0.5) is 0 Å². The largest absolute Gasteiger partial charge is 0.353 e. The molecule has 5 unspecified atom stereocenters. The van der Waals surface area contributed by atoms with Gasteiger partial charge in [0.2, 0.25) is 47.1 Å². The van der Waals surface area contributed by atoms with Crippen molar-refractivity contribution >= 4 is 53.0 Å². The highest BCUT2D eigenvalue weighted by molar-refractivity contribution is 6.36. The molecule has 0 aromatic carbocycles. The molecular formula is C31H50N8O9. The maximum atomic E-state index is 13.1. The van der Waals surface area contributed by atoms with E-state index < -0.39 is 78.9 Å². The Morgan fingerprint density at radius 3 is 2.00 bits per heavy atom. The van der Waals surface area contributed by atoms with Crippen LogP contribution in [0.2, 0.25) is 0 Å². The zero-order valence-electron chi connectivity index (χ0n) is 28.4. The Kier molecular flexibility index (Phi) is 15.9. The molecule has 17 nitrogen and oxygen atoms in total. The molecule has 8 amide bonds. The van der Waals surface area contributed by atoms with Crippen molar-refractivity contribution in [3.63, 3.8) is 0 Å². The Bertz CT molecular complexity index is 1240. The molecule has 2 fully saturated rings. The molecule has 2 aliphatic heterocycles. The highest BCUT2D eigenvalue weighted by Gasteiger charge is 2.33. The van der Waals surface area contributed by atoms with Gasteiger partial charge < -0.3 is 41.7 Å². The molecule has 2 heterocycles. The van der Waals surface area contributed by atoms with Crippen molar-refractivity contribution in [1.82, 2.24) is 41.7 Å². The second-order valence-corrected chi connectivity index (χ2v) is 12.2. The maximum Gasteiger partial charge on any atom is 0.287 e. The monoisotopic (exact) mass is 678 g/mol. The van der Waals surface area contributed by atoms with E-state index in [1.165, 1.54) is 18.9 Å². The van der Waals surface area contributed by atoms with Gasteiger partial charge in [-0.2, -0.15) is 0 Å². The Balaban J connectivity index is 1.98. The lowest BCUT2D eigenvalue weighted by Crippen LogP contribution is -2.55. The summed E-state index contributed by atoms with van der Waals surface area (Å²) in [7, 11) is 1.27. The number of carbonyl (C=O) groups is 9. The molecule has 0 saturated carbocycles. The highest BCUT2D eigenvalue weighted by atomic mass is 16.2. The lowest BCUT2D eigenvalue weighted by atomic mass is 9.98. The second-order valence-electron chi connectivity index (χ2n) is 12.2. The first kappa shape index (κ1) is 39.6. The summed E-state index contributed by atoms with van der Waals surface area (Å²) in [6, 6.07) is -2.98. The van der Waals surface area contributed by atoms with Gasteiger partial charge in [0, 0.05) is 39.5 Å². The fourth-order valence-electron chi connectivity index (χ4n) is 5.64. The quantitative estimate of drug-likeness (QED) is 0.0889. The zero-order valence-corrected chi connectivity index (χ0v) is 28.4. The molecule has 2 rings (SSSR count). The SMILES string of the molecule is CCC(C)C(NC(=O)CNC(=O)C(CCC(=O)C(=O)NC)NC(=O)CNC(=O)C1CCCN1C(C)=O)C(=O)NCC(=O)N1CCCC1C. The molecular weight excluding hydrogens is 628 g/mol. The van der Waals surface area contributed by atoms with Gasteiger partial charge in [-0.05, 0) is 44.9 Å². The minimum absolute atomic E-state index is 0.0907. The average molecular weight is 679 g/mol. The summed E-state index contributed by atoms with van der Waals surface area (Å²) in [6.45, 7) is 6.60. The number of nitrogens with zero attached hydrogens (tertiary/aromatic N) is 2. The molecule has 0 aliphatic carbocycles. The van der Waals surface area contributed by atoms with Crippen LogP contribution in [-0.4, -0.2) is 127 Å². The van der Waals surface area contributed by atoms with Crippen LogP contribution in [0, 0.1) is 5.92 Å². The van der Waals surface area contributed by atoms with Crippen LogP contribution in [0.1, 0.15) is 72.6 Å². The molecule has 0 spiro atoms. The third-order valence-corrected chi connectivity index (χ3v) is 8.70. The van der Waals surface area contributed by atoms with E-state index in [4.69, 9.17) is 0 Å². The Morgan fingerprint density at radius 1 is 0.792 bits per heavy atom. The molecule has 6 N–H and O–H groups in total. The summed E-state index contributed by atoms with van der Waals surface area (Å²) >= 11 is 0. The third kappa shape index (κ3) is 11.9. The first-order valence-corrected chi connectivity index (χ1v) is 16.4. The highest BCUT2D eigenvalue weighted by Crippen LogP contribution is 2.17. The molecule has 0 bridgehead atoms. The molecule has 17 heteroatoms. The van der Waals surface area contributed by atoms with Gasteiger partial charge in [0.15, 0.2) is 0 Å². The zero-order chi connectivity index (χ0) is 36.0. The molecule has 0 aromatic heterocycles. The first-order chi connectivity index (χ1) is 22.7. The van der Waals surface area contributed by atoms with Crippen LogP contribution in [0.25, 0.3) is 0 Å². The van der Waals surface area contributed by atoms with E-state index >= 15 is 0 Å². The van der Waals surface area contributed by atoms with E-state index in [2.05, 4.69) is 31.9 Å². The number of hydrogen-bond acceptors (Lipinski definition) is 9. The second kappa shape index (κ2) is 19.3. The van der Waals surface area contributed by atoms with E-state index in [0.717, 1.165) is 12.8 Å². The molecule has 0 aromatic rings. The molecule has 48 heavy (non-hydrogen) atoms. The van der Waals surface area contributed by atoms with Gasteiger partial charge in [-0.3, -0.25) is 43.2 Å². The van der Waals surface area contributed by atoms with Gasteiger partial charge in [-0.1, -0.05) is 20.3 Å². The van der Waals surface area contributed by atoms with E-state index in [9.17, 15) is 43.2 Å². The molecule has 2 saturated heterocycles. The smallest absolute Gasteiger partial charge is 0.287 e. The lowest BCUT2D eigenvalue weighted by molar-refractivity contribution is -0.138. The number of Topliss-reactive ketones (excluding diaryl/α,β-unsaturated/α-hetero) is 1. The van der Waals surface area contributed by atoms with Gasteiger partial charge in [0.1, 0.15) is 18.1 Å². The number of amides is 8. The summed E-state index contributed by atoms with van der Waals surface area (Å²) < 4.78 is 0. The van der Waals surface area contributed by atoms with Crippen molar-refractivity contribution in [2.45, 2.75) is 96.8 Å². The summed E-state index contributed by atoms with van der Waals surface area (Å²) in [5.74, 6) is -5.92. The number of likely N-dealkylation sites (N-methyl/N-ethyl adjacent to an activating group) is 1. The minimum atomic E-state index is -1.36. The van der Waals surface area contributed by atoms with Crippen LogP contribution >= 0.6 is 0 Å². The van der Waals surface area contributed by atoms with Crippen LogP contribution in [0.15, 0.2) is 0 Å². The van der Waals surface area contributed by atoms with Crippen LogP contribution in [0.3, 0.4) is 0 Å². The van der Waals surface area contributed by atoms with Gasteiger partial charge in [-0.25, -0.2) is 0 Å². The Hall–Kier alpha value is -4.57. The number of ketones is 1. The van der Waals surface area contributed by atoms with Crippen molar-refractivity contribution in [3.8, 4) is 0 Å². The van der Waals surface area contributed by atoms with Crippen molar-refractivity contribution in [1.29, 1.82) is 0 Å². The summed E-state index contributed by atoms with van der Waals surface area (Å²) in [4.78, 5) is 115. The first-order valence-electron chi connectivity index (χ1n) is 16.4. The van der Waals surface area contributed by atoms with E-state index in [1.54, 1.807) is 11.8 Å². The predicted molar refractivity (Wildman–Crippen MR) is 171 cm³/mol. The van der Waals surface area contributed by atoms with Crippen molar-refractivity contribution in [2.24, 2.45) is 5.92 Å². The van der Waals surface area contributed by atoms with E-state index in [1.807, 2.05) is 13.8 Å². The Morgan fingerprint density at radius 2 is 1.40 bits per heavy atom.